The summed E-state index contributed by atoms with van der Waals surface area (Å²) in [6.07, 6.45) is 0. The van der Waals surface area contributed by atoms with Crippen LogP contribution >= 0.6 is 15.9 Å². The van der Waals surface area contributed by atoms with E-state index in [-0.39, 0.29) is 5.82 Å². The van der Waals surface area contributed by atoms with E-state index in [0.717, 1.165) is 11.3 Å². The molecule has 18 heavy (non-hydrogen) atoms. The second-order valence-corrected chi connectivity index (χ2v) is 5.08. The fraction of sp³-hybridized carbons (Fsp3) is 0.143. The number of halogens is 2. The fourth-order valence-electron chi connectivity index (χ4n) is 1.70. The van der Waals surface area contributed by atoms with Crippen molar-refractivity contribution in [2.75, 3.05) is 11.1 Å². The maximum atomic E-state index is 13.3. The Hall–Kier alpha value is -1.55. The molecule has 2 nitrogen and oxygen atoms in total. The van der Waals surface area contributed by atoms with Crippen LogP contribution in [-0.2, 0) is 0 Å². The number of aryl methyl sites for hydroxylation is 1. The van der Waals surface area contributed by atoms with Crippen LogP contribution in [0.5, 0.6) is 0 Å². The van der Waals surface area contributed by atoms with Gasteiger partial charge in [0.1, 0.15) is 5.82 Å². The Morgan fingerprint density at radius 3 is 2.61 bits per heavy atom. The molecule has 0 aliphatic heterocycles. The molecule has 2 aromatic rings. The number of benzene rings is 2. The van der Waals surface area contributed by atoms with Crippen LogP contribution in [0.2, 0.25) is 0 Å². The summed E-state index contributed by atoms with van der Waals surface area (Å²) in [5.41, 5.74) is 10.2. The van der Waals surface area contributed by atoms with Gasteiger partial charge in [0.2, 0.25) is 0 Å². The number of anilines is 3. The van der Waals surface area contributed by atoms with Crippen molar-refractivity contribution in [3.05, 3.63) is 51.7 Å². The molecule has 4 heteroatoms. The Morgan fingerprint density at radius 1 is 1.17 bits per heavy atom. The molecule has 94 valence electrons. The first kappa shape index (κ1) is 12.9. The van der Waals surface area contributed by atoms with Crippen molar-refractivity contribution in [1.82, 2.24) is 0 Å². The molecular weight excluding hydrogens is 295 g/mol. The van der Waals surface area contributed by atoms with E-state index in [1.165, 1.54) is 11.6 Å². The molecule has 0 aliphatic rings. The van der Waals surface area contributed by atoms with Crippen LogP contribution < -0.4 is 11.1 Å². The third-order valence-electron chi connectivity index (χ3n) is 2.97. The Balaban J connectivity index is 2.40. The SMILES string of the molecule is Cc1cccc(Nc2cc(Br)c(F)cc2N)c1C. The van der Waals surface area contributed by atoms with Gasteiger partial charge in [0, 0.05) is 11.8 Å². The molecule has 0 aliphatic carbocycles. The highest BCUT2D eigenvalue weighted by Crippen LogP contribution is 2.30. The summed E-state index contributed by atoms with van der Waals surface area (Å²) in [4.78, 5) is 0. The molecule has 0 radical (unpaired) electrons. The lowest BCUT2D eigenvalue weighted by Crippen LogP contribution is -1.99. The summed E-state index contributed by atoms with van der Waals surface area (Å²) in [5.74, 6) is -0.362. The molecule has 0 atom stereocenters. The molecule has 0 bridgehead atoms. The monoisotopic (exact) mass is 308 g/mol. The van der Waals surface area contributed by atoms with Crippen LogP contribution in [0.25, 0.3) is 0 Å². The molecule has 0 amide bonds. The number of nitrogen functional groups attached to an aromatic ring is 1. The highest BCUT2D eigenvalue weighted by atomic mass is 79.9. The average Bonchev–Trinajstić information content (AvgIpc) is 2.32. The zero-order valence-corrected chi connectivity index (χ0v) is 11.8. The van der Waals surface area contributed by atoms with Gasteiger partial charge in [-0.2, -0.15) is 0 Å². The molecule has 2 aromatic carbocycles. The van der Waals surface area contributed by atoms with E-state index < -0.39 is 0 Å². The van der Waals surface area contributed by atoms with Crippen LogP contribution in [0.3, 0.4) is 0 Å². The zero-order chi connectivity index (χ0) is 13.3. The summed E-state index contributed by atoms with van der Waals surface area (Å²) in [7, 11) is 0. The number of hydrogen-bond donors (Lipinski definition) is 2. The lowest BCUT2D eigenvalue weighted by Gasteiger charge is -2.14. The molecule has 0 unspecified atom stereocenters. The normalized spacial score (nSPS) is 10.4. The molecule has 0 aromatic heterocycles. The van der Waals surface area contributed by atoms with Crippen molar-refractivity contribution in [3.8, 4) is 0 Å². The van der Waals surface area contributed by atoms with Crippen molar-refractivity contribution in [1.29, 1.82) is 0 Å². The van der Waals surface area contributed by atoms with Crippen molar-refractivity contribution in [3.63, 3.8) is 0 Å². The molecule has 0 spiro atoms. The van der Waals surface area contributed by atoms with Crippen LogP contribution in [0.15, 0.2) is 34.8 Å². The van der Waals surface area contributed by atoms with Gasteiger partial charge in [0.05, 0.1) is 15.8 Å². The lowest BCUT2D eigenvalue weighted by atomic mass is 10.1. The Morgan fingerprint density at radius 2 is 1.89 bits per heavy atom. The van der Waals surface area contributed by atoms with Gasteiger partial charge in [0.25, 0.3) is 0 Å². The smallest absolute Gasteiger partial charge is 0.139 e. The minimum absolute atomic E-state index is 0.362. The first-order valence-corrected chi connectivity index (χ1v) is 6.36. The molecule has 0 saturated heterocycles. The van der Waals surface area contributed by atoms with Gasteiger partial charge < -0.3 is 11.1 Å². The Labute approximate surface area is 114 Å². The maximum absolute atomic E-state index is 13.3. The first-order valence-electron chi connectivity index (χ1n) is 5.57. The van der Waals surface area contributed by atoms with Crippen LogP contribution in [0.4, 0.5) is 21.5 Å². The van der Waals surface area contributed by atoms with E-state index in [9.17, 15) is 4.39 Å². The largest absolute Gasteiger partial charge is 0.397 e. The van der Waals surface area contributed by atoms with E-state index in [1.807, 2.05) is 32.0 Å². The van der Waals surface area contributed by atoms with Gasteiger partial charge in [-0.1, -0.05) is 12.1 Å². The molecule has 3 N–H and O–H groups in total. The topological polar surface area (TPSA) is 38.0 Å². The summed E-state index contributed by atoms with van der Waals surface area (Å²) >= 11 is 3.16. The second kappa shape index (κ2) is 4.98. The van der Waals surface area contributed by atoms with Gasteiger partial charge in [-0.25, -0.2) is 4.39 Å². The third-order valence-corrected chi connectivity index (χ3v) is 3.57. The highest BCUT2D eigenvalue weighted by molar-refractivity contribution is 9.10. The van der Waals surface area contributed by atoms with Crippen LogP contribution in [0, 0.1) is 19.7 Å². The number of nitrogens with two attached hydrogens (primary N) is 1. The number of rotatable bonds is 2. The number of hydrogen-bond acceptors (Lipinski definition) is 2. The van der Waals surface area contributed by atoms with Crippen molar-refractivity contribution >= 4 is 33.0 Å². The Bertz CT molecular complexity index is 597. The molecule has 0 fully saturated rings. The molecule has 2 rings (SSSR count). The van der Waals surface area contributed by atoms with E-state index in [4.69, 9.17) is 5.73 Å². The van der Waals surface area contributed by atoms with Gasteiger partial charge in [0.15, 0.2) is 0 Å². The molecule has 0 saturated carbocycles. The van der Waals surface area contributed by atoms with Crippen molar-refractivity contribution < 1.29 is 4.39 Å². The second-order valence-electron chi connectivity index (χ2n) is 4.23. The molecule has 0 heterocycles. The van der Waals surface area contributed by atoms with Gasteiger partial charge in [-0.3, -0.25) is 0 Å². The van der Waals surface area contributed by atoms with Gasteiger partial charge in [-0.15, -0.1) is 0 Å². The molecular formula is C14H14BrFN2. The van der Waals surface area contributed by atoms with Gasteiger partial charge >= 0.3 is 0 Å². The van der Waals surface area contributed by atoms with E-state index in [0.29, 0.717) is 15.8 Å². The van der Waals surface area contributed by atoms with Crippen LogP contribution in [0.1, 0.15) is 11.1 Å². The lowest BCUT2D eigenvalue weighted by molar-refractivity contribution is 0.622. The van der Waals surface area contributed by atoms with Gasteiger partial charge in [-0.05, 0) is 53.0 Å². The van der Waals surface area contributed by atoms with E-state index >= 15 is 0 Å². The quantitative estimate of drug-likeness (QED) is 0.800. The standard InChI is InChI=1S/C14H14BrFN2/c1-8-4-3-5-13(9(8)2)18-14-6-10(15)11(16)7-12(14)17/h3-7,18H,17H2,1-2H3. The predicted octanol–water partition coefficient (Wildman–Crippen LogP) is 4.53. The summed E-state index contributed by atoms with van der Waals surface area (Å²) in [6, 6.07) is 8.94. The average molecular weight is 309 g/mol. The van der Waals surface area contributed by atoms with Crippen molar-refractivity contribution in [2.24, 2.45) is 0 Å². The van der Waals surface area contributed by atoms with E-state index in [2.05, 4.69) is 21.2 Å². The fourth-order valence-corrected chi connectivity index (χ4v) is 2.05. The minimum Gasteiger partial charge on any atom is -0.397 e. The zero-order valence-electron chi connectivity index (χ0n) is 10.2. The minimum atomic E-state index is -0.362. The summed E-state index contributed by atoms with van der Waals surface area (Å²) in [6.45, 7) is 4.08. The first-order chi connectivity index (χ1) is 8.49. The Kier molecular flexibility index (Phi) is 3.57. The van der Waals surface area contributed by atoms with Crippen LogP contribution in [-0.4, -0.2) is 0 Å². The predicted molar refractivity (Wildman–Crippen MR) is 77.7 cm³/mol. The number of nitrogens with one attached hydrogen (secondary N) is 1. The third kappa shape index (κ3) is 2.48. The summed E-state index contributed by atoms with van der Waals surface area (Å²) < 4.78 is 13.7. The summed E-state index contributed by atoms with van der Waals surface area (Å²) in [5, 5.41) is 3.23. The highest BCUT2D eigenvalue weighted by Gasteiger charge is 2.07. The van der Waals surface area contributed by atoms with E-state index in [1.54, 1.807) is 6.07 Å². The maximum Gasteiger partial charge on any atom is 0.139 e. The van der Waals surface area contributed by atoms with Crippen molar-refractivity contribution in [2.45, 2.75) is 13.8 Å².